The molecular weight excluding hydrogens is 388 g/mol. The molecule has 0 saturated carbocycles. The molecule has 1 unspecified atom stereocenters. The monoisotopic (exact) mass is 418 g/mol. The molecule has 2 aliphatic rings. The fourth-order valence-corrected chi connectivity index (χ4v) is 3.71. The zero-order valence-corrected chi connectivity index (χ0v) is 18.1. The van der Waals surface area contributed by atoms with Gasteiger partial charge in [-0.05, 0) is 42.0 Å². The van der Waals surface area contributed by atoms with Gasteiger partial charge in [-0.25, -0.2) is 10.1 Å². The van der Waals surface area contributed by atoms with Crippen LogP contribution in [-0.2, 0) is 4.84 Å². The molecule has 7 heteroatoms. The van der Waals surface area contributed by atoms with Crippen molar-refractivity contribution in [3.8, 4) is 0 Å². The van der Waals surface area contributed by atoms with E-state index in [2.05, 4.69) is 66.6 Å². The second-order valence-corrected chi connectivity index (χ2v) is 7.95. The number of aliphatic imine (C=N–C) groups is 2. The van der Waals surface area contributed by atoms with Crippen molar-refractivity contribution < 1.29 is 4.84 Å². The molecule has 2 aliphatic heterocycles. The van der Waals surface area contributed by atoms with Gasteiger partial charge in [0.05, 0.1) is 23.3 Å². The molecule has 4 rings (SSSR count). The molecule has 0 aromatic heterocycles. The first-order valence-corrected chi connectivity index (χ1v) is 10.8. The Labute approximate surface area is 183 Å². The summed E-state index contributed by atoms with van der Waals surface area (Å²) in [5.74, 6) is 1.31. The molecule has 0 bridgehead atoms. The average Bonchev–Trinajstić information content (AvgIpc) is 2.80. The predicted molar refractivity (Wildman–Crippen MR) is 127 cm³/mol. The molecule has 2 aromatic rings. The van der Waals surface area contributed by atoms with E-state index in [4.69, 9.17) is 21.3 Å². The summed E-state index contributed by atoms with van der Waals surface area (Å²) in [6, 6.07) is 14.8. The van der Waals surface area contributed by atoms with Gasteiger partial charge in [-0.3, -0.25) is 9.83 Å². The van der Waals surface area contributed by atoms with Crippen LogP contribution >= 0.6 is 0 Å². The van der Waals surface area contributed by atoms with Crippen LogP contribution < -0.4 is 16.8 Å². The van der Waals surface area contributed by atoms with E-state index in [0.29, 0.717) is 19.1 Å². The largest absolute Gasteiger partial charge is 0.370 e. The number of hydrogen-bond acceptors (Lipinski definition) is 5. The highest BCUT2D eigenvalue weighted by molar-refractivity contribution is 5.89. The van der Waals surface area contributed by atoms with Gasteiger partial charge in [-0.1, -0.05) is 50.2 Å². The molecular formula is C24H30N6O. The number of hydrogen-bond donors (Lipinski definition) is 3. The van der Waals surface area contributed by atoms with E-state index in [0.717, 1.165) is 47.8 Å². The lowest BCUT2D eigenvalue weighted by molar-refractivity contribution is -0.0836. The molecule has 5 N–H and O–H groups in total. The third kappa shape index (κ3) is 4.72. The van der Waals surface area contributed by atoms with Gasteiger partial charge in [0, 0.05) is 12.1 Å². The predicted octanol–water partition coefficient (Wildman–Crippen LogP) is 3.70. The van der Waals surface area contributed by atoms with Crippen LogP contribution in [0.4, 0.5) is 0 Å². The molecule has 0 radical (unpaired) electrons. The van der Waals surface area contributed by atoms with Crippen molar-refractivity contribution in [3.05, 3.63) is 65.7 Å². The minimum atomic E-state index is 0.116. The van der Waals surface area contributed by atoms with E-state index in [-0.39, 0.29) is 5.96 Å². The molecule has 1 atom stereocenters. The van der Waals surface area contributed by atoms with E-state index in [9.17, 15) is 0 Å². The standard InChI is InChI=1S/C24H30N6O/c1-3-16(2)22-15-31-30-14-21(19-11-10-17-7-4-5-8-18(17)13-19)28-20(23(30)29-22)9-6-12-27-24(25)26/h4-5,7-8,10-11,13-14,16,28H,3,6,9,12,15H2,1-2H3,(H4,25,26,27). The Morgan fingerprint density at radius 2 is 2.03 bits per heavy atom. The van der Waals surface area contributed by atoms with Crippen molar-refractivity contribution in [2.75, 3.05) is 13.2 Å². The smallest absolute Gasteiger partial charge is 0.185 e. The van der Waals surface area contributed by atoms with Crippen LogP contribution in [0.5, 0.6) is 0 Å². The summed E-state index contributed by atoms with van der Waals surface area (Å²) in [5.41, 5.74) is 15.1. The molecule has 0 fully saturated rings. The summed E-state index contributed by atoms with van der Waals surface area (Å²) in [5, 5.41) is 7.81. The number of hydroxylamine groups is 2. The zero-order chi connectivity index (χ0) is 21.8. The van der Waals surface area contributed by atoms with Crippen molar-refractivity contribution >= 4 is 28.1 Å². The average molecular weight is 419 g/mol. The van der Waals surface area contributed by atoms with E-state index in [1.165, 1.54) is 10.8 Å². The van der Waals surface area contributed by atoms with E-state index in [1.54, 1.807) is 5.06 Å². The first kappa shape index (κ1) is 20.9. The van der Waals surface area contributed by atoms with Crippen LogP contribution in [0.2, 0.25) is 0 Å². The number of guanidine groups is 1. The van der Waals surface area contributed by atoms with Gasteiger partial charge in [-0.2, -0.15) is 0 Å². The number of benzene rings is 2. The summed E-state index contributed by atoms with van der Waals surface area (Å²) in [4.78, 5) is 15.2. The number of fused-ring (bicyclic) bond motifs is 2. The van der Waals surface area contributed by atoms with Crippen LogP contribution in [0, 0.1) is 5.92 Å². The second-order valence-electron chi connectivity index (χ2n) is 7.95. The first-order chi connectivity index (χ1) is 15.0. The van der Waals surface area contributed by atoms with Crippen LogP contribution in [0.3, 0.4) is 0 Å². The molecule has 0 saturated heterocycles. The van der Waals surface area contributed by atoms with Gasteiger partial charge in [0.1, 0.15) is 6.61 Å². The van der Waals surface area contributed by atoms with Gasteiger partial charge in [-0.15, -0.1) is 0 Å². The van der Waals surface area contributed by atoms with E-state index >= 15 is 0 Å². The maximum absolute atomic E-state index is 6.09. The maximum atomic E-state index is 6.09. The molecule has 0 spiro atoms. The topological polar surface area (TPSA) is 101 Å². The summed E-state index contributed by atoms with van der Waals surface area (Å²) in [6.45, 7) is 5.42. The zero-order valence-electron chi connectivity index (χ0n) is 18.1. The minimum absolute atomic E-state index is 0.116. The Morgan fingerprint density at radius 3 is 2.81 bits per heavy atom. The Kier molecular flexibility index (Phi) is 6.23. The van der Waals surface area contributed by atoms with Crippen LogP contribution in [0.25, 0.3) is 16.5 Å². The van der Waals surface area contributed by atoms with Crippen LogP contribution in [0.15, 0.2) is 70.2 Å². The highest BCUT2D eigenvalue weighted by atomic mass is 16.7. The SMILES string of the molecule is CCC(C)C1=NC2=C(CCCN=C(N)N)NC(c3ccc4ccccc4c3)=CN2OC1. The van der Waals surface area contributed by atoms with E-state index in [1.807, 2.05) is 6.20 Å². The number of rotatable bonds is 7. The maximum Gasteiger partial charge on any atom is 0.185 e. The molecule has 2 aromatic carbocycles. The lowest BCUT2D eigenvalue weighted by atomic mass is 10.0. The van der Waals surface area contributed by atoms with Gasteiger partial charge in [0.2, 0.25) is 0 Å². The summed E-state index contributed by atoms with van der Waals surface area (Å²) in [6.07, 6.45) is 4.57. The Hall–Kier alpha value is -3.32. The Bertz CT molecular complexity index is 1080. The first-order valence-electron chi connectivity index (χ1n) is 10.8. The molecule has 162 valence electrons. The van der Waals surface area contributed by atoms with Gasteiger partial charge in [0.25, 0.3) is 0 Å². The van der Waals surface area contributed by atoms with Gasteiger partial charge in [0.15, 0.2) is 11.8 Å². The van der Waals surface area contributed by atoms with Gasteiger partial charge < -0.3 is 16.8 Å². The minimum Gasteiger partial charge on any atom is -0.370 e. The van der Waals surface area contributed by atoms with E-state index < -0.39 is 0 Å². The highest BCUT2D eigenvalue weighted by Crippen LogP contribution is 2.31. The van der Waals surface area contributed by atoms with Crippen molar-refractivity contribution in [3.63, 3.8) is 0 Å². The fraction of sp³-hybridized carbons (Fsp3) is 0.333. The molecule has 31 heavy (non-hydrogen) atoms. The quantitative estimate of drug-likeness (QED) is 0.362. The lowest BCUT2D eigenvalue weighted by Gasteiger charge is -2.34. The molecule has 0 amide bonds. The summed E-state index contributed by atoms with van der Waals surface area (Å²) in [7, 11) is 0. The van der Waals surface area contributed by atoms with Crippen molar-refractivity contribution in [1.29, 1.82) is 0 Å². The summed E-state index contributed by atoms with van der Waals surface area (Å²) >= 11 is 0. The number of allylic oxidation sites excluding steroid dienone is 1. The molecule has 7 nitrogen and oxygen atoms in total. The third-order valence-corrected chi connectivity index (χ3v) is 5.73. The normalized spacial score (nSPS) is 16.9. The third-order valence-electron chi connectivity index (χ3n) is 5.73. The number of nitrogens with zero attached hydrogens (tertiary/aromatic N) is 3. The fourth-order valence-electron chi connectivity index (χ4n) is 3.71. The molecule has 2 heterocycles. The Balaban J connectivity index is 1.64. The van der Waals surface area contributed by atoms with Gasteiger partial charge >= 0.3 is 0 Å². The number of nitrogens with two attached hydrogens (primary N) is 2. The molecule has 0 aliphatic carbocycles. The van der Waals surface area contributed by atoms with Crippen LogP contribution in [-0.4, -0.2) is 29.9 Å². The highest BCUT2D eigenvalue weighted by Gasteiger charge is 2.27. The van der Waals surface area contributed by atoms with Crippen molar-refractivity contribution in [2.24, 2.45) is 27.4 Å². The second kappa shape index (κ2) is 9.22. The summed E-state index contributed by atoms with van der Waals surface area (Å²) < 4.78 is 0. The Morgan fingerprint density at radius 1 is 1.23 bits per heavy atom. The number of nitrogens with one attached hydrogen (secondary N) is 1. The van der Waals surface area contributed by atoms with Crippen molar-refractivity contribution in [1.82, 2.24) is 10.4 Å². The van der Waals surface area contributed by atoms with Crippen molar-refractivity contribution in [2.45, 2.75) is 33.1 Å². The van der Waals surface area contributed by atoms with Crippen LogP contribution in [0.1, 0.15) is 38.7 Å². The lowest BCUT2D eigenvalue weighted by Crippen LogP contribution is -2.36.